The highest BCUT2D eigenvalue weighted by molar-refractivity contribution is 7.99. The lowest BCUT2D eigenvalue weighted by Gasteiger charge is -2.13. The molecule has 0 aromatic carbocycles. The van der Waals surface area contributed by atoms with Crippen LogP contribution in [0.2, 0.25) is 0 Å². The molecule has 0 saturated heterocycles. The number of aromatic nitrogens is 3. The third kappa shape index (κ3) is 4.93. The molecule has 7 nitrogen and oxygen atoms in total. The molecule has 0 atom stereocenters. The second kappa shape index (κ2) is 10.8. The lowest BCUT2D eigenvalue weighted by atomic mass is 9.95. The largest absolute Gasteiger partial charge is 0.462 e. The molecule has 2 aliphatic carbocycles. The van der Waals surface area contributed by atoms with Gasteiger partial charge >= 0.3 is 5.97 Å². The van der Waals surface area contributed by atoms with Crippen LogP contribution in [0.5, 0.6) is 0 Å². The highest BCUT2D eigenvalue weighted by atomic mass is 32.2. The number of fused-ring (bicyclic) bond motifs is 2. The van der Waals surface area contributed by atoms with Crippen molar-refractivity contribution in [2.24, 2.45) is 0 Å². The van der Waals surface area contributed by atoms with Crippen molar-refractivity contribution >= 4 is 51.3 Å². The maximum absolute atomic E-state index is 12.9. The summed E-state index contributed by atoms with van der Waals surface area (Å²) >= 11 is 4.72. The summed E-state index contributed by atoms with van der Waals surface area (Å²) in [5.74, 6) is 0.596. The number of rotatable bonds is 8. The van der Waals surface area contributed by atoms with E-state index in [1.807, 2.05) is 11.3 Å². The van der Waals surface area contributed by atoms with Crippen molar-refractivity contribution in [3.63, 3.8) is 0 Å². The van der Waals surface area contributed by atoms with Crippen LogP contribution in [0.25, 0.3) is 11.4 Å². The number of esters is 1. The molecule has 0 unspecified atom stereocenters. The minimum absolute atomic E-state index is 0.153. The summed E-state index contributed by atoms with van der Waals surface area (Å²) in [5, 5.41) is 15.5. The van der Waals surface area contributed by atoms with E-state index in [1.54, 1.807) is 6.92 Å². The summed E-state index contributed by atoms with van der Waals surface area (Å²) in [4.78, 5) is 28.3. The van der Waals surface area contributed by atoms with Crippen LogP contribution in [0.1, 0.15) is 70.8 Å². The monoisotopic (exact) mass is 530 g/mol. The van der Waals surface area contributed by atoms with E-state index in [0.29, 0.717) is 17.2 Å². The van der Waals surface area contributed by atoms with Crippen LogP contribution < -0.4 is 5.32 Å². The van der Waals surface area contributed by atoms with E-state index in [9.17, 15) is 9.59 Å². The number of ether oxygens (including phenoxy) is 1. The molecule has 186 valence electrons. The van der Waals surface area contributed by atoms with Crippen molar-refractivity contribution < 1.29 is 14.3 Å². The van der Waals surface area contributed by atoms with E-state index >= 15 is 0 Å². The number of hydrogen-bond acceptors (Lipinski definition) is 8. The van der Waals surface area contributed by atoms with E-state index in [2.05, 4.69) is 32.4 Å². The number of thioether (sulfide) groups is 1. The number of amides is 1. The Morgan fingerprint density at radius 2 is 1.80 bits per heavy atom. The molecule has 1 amide bonds. The molecule has 3 aromatic rings. The van der Waals surface area contributed by atoms with Gasteiger partial charge in [0.05, 0.1) is 17.9 Å². The molecule has 1 N–H and O–H groups in total. The van der Waals surface area contributed by atoms with Gasteiger partial charge in [0.2, 0.25) is 5.91 Å². The Bertz CT molecular complexity index is 1240. The lowest BCUT2D eigenvalue weighted by molar-refractivity contribution is -0.113. The smallest absolute Gasteiger partial charge is 0.341 e. The zero-order chi connectivity index (χ0) is 24.4. The average Bonchev–Trinajstić information content (AvgIpc) is 3.56. The third-order valence-corrected chi connectivity index (χ3v) is 9.83. The molecular formula is C25H30N4O3S3. The first kappa shape index (κ1) is 24.5. The van der Waals surface area contributed by atoms with E-state index in [0.717, 1.165) is 61.6 Å². The molecule has 0 radical (unpaired) electrons. The maximum Gasteiger partial charge on any atom is 0.341 e. The standard InChI is InChI=1S/C25H30N4O3S3/c1-3-29-22(17-13-33-18-11-7-5-9-15(17)18)27-28-25(29)34-14-20(30)26-23-21(24(31)32-4-2)16-10-6-8-12-19(16)35-23/h13H,3-12,14H2,1-2H3,(H,26,30). The van der Waals surface area contributed by atoms with Crippen LogP contribution in [0.15, 0.2) is 10.5 Å². The zero-order valence-electron chi connectivity index (χ0n) is 20.1. The fourth-order valence-electron chi connectivity index (χ4n) is 4.93. The Balaban J connectivity index is 1.31. The molecule has 0 fully saturated rings. The van der Waals surface area contributed by atoms with Gasteiger partial charge in [0.1, 0.15) is 5.00 Å². The number of nitrogens with zero attached hydrogens (tertiary/aromatic N) is 3. The summed E-state index contributed by atoms with van der Waals surface area (Å²) in [6.45, 7) is 4.93. The van der Waals surface area contributed by atoms with Gasteiger partial charge in [0, 0.05) is 27.2 Å². The van der Waals surface area contributed by atoms with Gasteiger partial charge in [-0.05, 0) is 76.3 Å². The second-order valence-electron chi connectivity index (χ2n) is 8.78. The minimum atomic E-state index is -0.343. The molecule has 3 aromatic heterocycles. The summed E-state index contributed by atoms with van der Waals surface area (Å²) in [6.07, 6.45) is 8.71. The van der Waals surface area contributed by atoms with Crippen LogP contribution in [-0.4, -0.2) is 39.0 Å². The number of carbonyl (C=O) groups excluding carboxylic acids is 2. The highest BCUT2D eigenvalue weighted by Crippen LogP contribution is 2.39. The first-order valence-corrected chi connectivity index (χ1v) is 15.1. The van der Waals surface area contributed by atoms with Crippen LogP contribution in [0.4, 0.5) is 5.00 Å². The van der Waals surface area contributed by atoms with Crippen LogP contribution in [0, 0.1) is 0 Å². The minimum Gasteiger partial charge on any atom is -0.462 e. The molecule has 10 heteroatoms. The topological polar surface area (TPSA) is 86.1 Å². The average molecular weight is 531 g/mol. The van der Waals surface area contributed by atoms with E-state index in [4.69, 9.17) is 4.74 Å². The van der Waals surface area contributed by atoms with Gasteiger partial charge in [-0.25, -0.2) is 4.79 Å². The third-order valence-electron chi connectivity index (χ3n) is 6.57. The van der Waals surface area contributed by atoms with Gasteiger partial charge in [-0.2, -0.15) is 0 Å². The Morgan fingerprint density at radius 1 is 1.06 bits per heavy atom. The molecular weight excluding hydrogens is 501 g/mol. The first-order valence-electron chi connectivity index (χ1n) is 12.4. The summed E-state index contributed by atoms with van der Waals surface area (Å²) in [7, 11) is 0. The molecule has 3 heterocycles. The van der Waals surface area contributed by atoms with E-state index in [1.165, 1.54) is 56.8 Å². The van der Waals surface area contributed by atoms with Crippen LogP contribution in [-0.2, 0) is 41.8 Å². The van der Waals surface area contributed by atoms with Crippen LogP contribution >= 0.6 is 34.4 Å². The van der Waals surface area contributed by atoms with Gasteiger partial charge in [0.25, 0.3) is 0 Å². The van der Waals surface area contributed by atoms with E-state index in [-0.39, 0.29) is 17.6 Å². The van der Waals surface area contributed by atoms with Gasteiger partial charge < -0.3 is 14.6 Å². The Morgan fingerprint density at radius 3 is 2.57 bits per heavy atom. The van der Waals surface area contributed by atoms with Gasteiger partial charge in [0.15, 0.2) is 11.0 Å². The second-order valence-corrected chi connectivity index (χ2v) is 11.8. The Kier molecular flexibility index (Phi) is 7.59. The fraction of sp³-hybridized carbons (Fsp3) is 0.520. The predicted octanol–water partition coefficient (Wildman–Crippen LogP) is 5.75. The van der Waals surface area contributed by atoms with Crippen molar-refractivity contribution in [3.05, 3.63) is 31.8 Å². The van der Waals surface area contributed by atoms with Crippen molar-refractivity contribution in [1.82, 2.24) is 14.8 Å². The fourth-order valence-corrected chi connectivity index (χ4v) is 8.15. The molecule has 2 aliphatic rings. The maximum atomic E-state index is 12.9. The van der Waals surface area contributed by atoms with Crippen molar-refractivity contribution in [3.8, 4) is 11.4 Å². The molecule has 0 spiro atoms. The Labute approximate surface area is 217 Å². The highest BCUT2D eigenvalue weighted by Gasteiger charge is 2.28. The quantitative estimate of drug-likeness (QED) is 0.295. The number of hydrogen-bond donors (Lipinski definition) is 1. The number of thiophene rings is 2. The SMILES string of the molecule is CCOC(=O)c1c(NC(=O)CSc2nnc(-c3csc4c3CCCC4)n2CC)sc2c1CCCC2. The molecule has 0 aliphatic heterocycles. The number of carbonyl (C=O) groups is 2. The van der Waals surface area contributed by atoms with Gasteiger partial charge in [-0.15, -0.1) is 32.9 Å². The predicted molar refractivity (Wildman–Crippen MR) is 142 cm³/mol. The number of nitrogens with one attached hydrogen (secondary N) is 1. The van der Waals surface area contributed by atoms with Crippen molar-refractivity contribution in [2.75, 3.05) is 17.7 Å². The van der Waals surface area contributed by atoms with Crippen LogP contribution in [0.3, 0.4) is 0 Å². The normalized spacial score (nSPS) is 14.9. The molecule has 0 bridgehead atoms. The first-order chi connectivity index (χ1) is 17.1. The van der Waals surface area contributed by atoms with Crippen molar-refractivity contribution in [2.45, 2.75) is 76.9 Å². The lowest BCUT2D eigenvalue weighted by Crippen LogP contribution is -2.17. The molecule has 0 saturated carbocycles. The zero-order valence-corrected chi connectivity index (χ0v) is 22.6. The summed E-state index contributed by atoms with van der Waals surface area (Å²) in [5.41, 5.74) is 4.22. The Hall–Kier alpha value is -2.17. The summed E-state index contributed by atoms with van der Waals surface area (Å²) < 4.78 is 7.40. The number of aryl methyl sites for hydroxylation is 2. The van der Waals surface area contributed by atoms with Crippen molar-refractivity contribution in [1.29, 1.82) is 0 Å². The summed E-state index contributed by atoms with van der Waals surface area (Å²) in [6, 6.07) is 0. The van der Waals surface area contributed by atoms with Gasteiger partial charge in [-0.3, -0.25) is 4.79 Å². The van der Waals surface area contributed by atoms with E-state index < -0.39 is 0 Å². The molecule has 35 heavy (non-hydrogen) atoms. The number of anilines is 1. The molecule has 5 rings (SSSR count). The van der Waals surface area contributed by atoms with Gasteiger partial charge in [-0.1, -0.05) is 11.8 Å².